The molecular formula is C14H19N3O2S3. The Kier molecular flexibility index (Phi) is 7.68. The van der Waals surface area contributed by atoms with Crippen LogP contribution < -0.4 is 5.32 Å². The molecule has 5 nitrogen and oxygen atoms in total. The number of ether oxygens (including phenoxy) is 1. The van der Waals surface area contributed by atoms with Crippen molar-refractivity contribution >= 4 is 45.5 Å². The van der Waals surface area contributed by atoms with Gasteiger partial charge in [-0.25, -0.2) is 0 Å². The van der Waals surface area contributed by atoms with E-state index in [0.29, 0.717) is 13.0 Å². The lowest BCUT2D eigenvalue weighted by Gasteiger charge is -2.00. The highest BCUT2D eigenvalue weighted by Gasteiger charge is 2.06. The van der Waals surface area contributed by atoms with Crippen molar-refractivity contribution in [2.45, 2.75) is 30.5 Å². The van der Waals surface area contributed by atoms with Gasteiger partial charge in [-0.15, -0.1) is 21.5 Å². The third-order valence-electron chi connectivity index (χ3n) is 2.69. The molecule has 0 radical (unpaired) electrons. The average Bonchev–Trinajstić information content (AvgIpc) is 3.16. The zero-order chi connectivity index (χ0) is 15.6. The first-order valence-electron chi connectivity index (χ1n) is 7.16. The smallest absolute Gasteiger partial charge is 0.305 e. The Labute approximate surface area is 142 Å². The van der Waals surface area contributed by atoms with E-state index >= 15 is 0 Å². The Hall–Kier alpha value is -1.12. The molecule has 0 spiro atoms. The molecule has 2 rings (SSSR count). The standard InChI is InChI=1S/C14H19N3O2S3/c1-2-19-12(18)6-4-10-21-14-17-16-13(22-14)15-8-7-11-5-3-9-20-11/h3,5,9H,2,4,6-8,10H2,1H3,(H,15,16). The fourth-order valence-electron chi connectivity index (χ4n) is 1.70. The quantitative estimate of drug-likeness (QED) is 0.397. The molecule has 0 fully saturated rings. The van der Waals surface area contributed by atoms with Crippen LogP contribution in [0.25, 0.3) is 0 Å². The molecule has 120 valence electrons. The summed E-state index contributed by atoms with van der Waals surface area (Å²) in [6.45, 7) is 3.13. The molecule has 0 saturated heterocycles. The Balaban J connectivity index is 1.60. The molecule has 8 heteroatoms. The van der Waals surface area contributed by atoms with Crippen molar-refractivity contribution in [3.63, 3.8) is 0 Å². The zero-order valence-corrected chi connectivity index (χ0v) is 14.9. The van der Waals surface area contributed by atoms with Gasteiger partial charge in [0.2, 0.25) is 5.13 Å². The van der Waals surface area contributed by atoms with Crippen LogP contribution in [0.15, 0.2) is 21.9 Å². The van der Waals surface area contributed by atoms with E-state index in [9.17, 15) is 4.79 Å². The Bertz CT molecular complexity index is 557. The molecule has 0 unspecified atom stereocenters. The second kappa shape index (κ2) is 9.81. The van der Waals surface area contributed by atoms with E-state index < -0.39 is 0 Å². The lowest BCUT2D eigenvalue weighted by atomic mass is 10.3. The number of thioether (sulfide) groups is 1. The predicted molar refractivity (Wildman–Crippen MR) is 93.0 cm³/mol. The van der Waals surface area contributed by atoms with E-state index in [1.54, 1.807) is 34.4 Å². The number of anilines is 1. The van der Waals surface area contributed by atoms with Gasteiger partial charge in [-0.3, -0.25) is 4.79 Å². The summed E-state index contributed by atoms with van der Waals surface area (Å²) < 4.78 is 5.82. The van der Waals surface area contributed by atoms with Crippen LogP contribution in [0.4, 0.5) is 5.13 Å². The second-order valence-corrected chi connectivity index (χ2v) is 7.74. The fraction of sp³-hybridized carbons (Fsp3) is 0.500. The summed E-state index contributed by atoms with van der Waals surface area (Å²) in [6, 6.07) is 4.20. The molecule has 0 saturated carbocycles. The van der Waals surface area contributed by atoms with Gasteiger partial charge in [0.25, 0.3) is 0 Å². The maximum Gasteiger partial charge on any atom is 0.305 e. The molecule has 0 aliphatic rings. The fourth-order valence-corrected chi connectivity index (χ4v) is 4.19. The highest BCUT2D eigenvalue weighted by molar-refractivity contribution is 8.01. The normalized spacial score (nSPS) is 10.6. The summed E-state index contributed by atoms with van der Waals surface area (Å²) in [4.78, 5) is 12.6. The summed E-state index contributed by atoms with van der Waals surface area (Å²) in [5.41, 5.74) is 0. The number of hydrogen-bond donors (Lipinski definition) is 1. The SMILES string of the molecule is CCOC(=O)CCCSc1nnc(NCCc2cccs2)s1. The minimum Gasteiger partial charge on any atom is -0.466 e. The van der Waals surface area contributed by atoms with Crippen molar-refractivity contribution in [1.82, 2.24) is 10.2 Å². The van der Waals surface area contributed by atoms with E-state index in [4.69, 9.17) is 4.74 Å². The van der Waals surface area contributed by atoms with E-state index in [-0.39, 0.29) is 5.97 Å². The lowest BCUT2D eigenvalue weighted by Crippen LogP contribution is -2.03. The van der Waals surface area contributed by atoms with Gasteiger partial charge in [0.1, 0.15) is 0 Å². The van der Waals surface area contributed by atoms with Gasteiger partial charge in [0.15, 0.2) is 4.34 Å². The van der Waals surface area contributed by atoms with Gasteiger partial charge < -0.3 is 10.1 Å². The second-order valence-electron chi connectivity index (χ2n) is 4.39. The van der Waals surface area contributed by atoms with Gasteiger partial charge in [-0.1, -0.05) is 29.2 Å². The van der Waals surface area contributed by atoms with Crippen molar-refractivity contribution in [2.24, 2.45) is 0 Å². The number of carbonyl (C=O) groups is 1. The topological polar surface area (TPSA) is 64.1 Å². The number of nitrogens with zero attached hydrogens (tertiary/aromatic N) is 2. The monoisotopic (exact) mass is 357 g/mol. The van der Waals surface area contributed by atoms with Crippen LogP contribution in [-0.2, 0) is 16.0 Å². The van der Waals surface area contributed by atoms with Crippen LogP contribution in [0, 0.1) is 0 Å². The molecule has 1 N–H and O–H groups in total. The summed E-state index contributed by atoms with van der Waals surface area (Å²) in [5, 5.41) is 14.5. The van der Waals surface area contributed by atoms with Crippen LogP contribution in [0.2, 0.25) is 0 Å². The van der Waals surface area contributed by atoms with Crippen LogP contribution in [0.3, 0.4) is 0 Å². The molecule has 0 aromatic carbocycles. The molecule has 22 heavy (non-hydrogen) atoms. The minimum absolute atomic E-state index is 0.128. The van der Waals surface area contributed by atoms with Crippen molar-refractivity contribution < 1.29 is 9.53 Å². The molecule has 2 aromatic rings. The largest absolute Gasteiger partial charge is 0.466 e. The number of aromatic nitrogens is 2. The maximum atomic E-state index is 11.2. The van der Waals surface area contributed by atoms with Gasteiger partial charge in [-0.2, -0.15) is 0 Å². The summed E-state index contributed by atoms with van der Waals surface area (Å²) in [5.74, 6) is 0.721. The number of hydrogen-bond acceptors (Lipinski definition) is 8. The van der Waals surface area contributed by atoms with E-state index in [0.717, 1.165) is 34.6 Å². The highest BCUT2D eigenvalue weighted by Crippen LogP contribution is 2.26. The molecular weight excluding hydrogens is 338 g/mol. The van der Waals surface area contributed by atoms with E-state index in [1.807, 2.05) is 6.92 Å². The first kappa shape index (κ1) is 17.2. The van der Waals surface area contributed by atoms with Gasteiger partial charge in [-0.05, 0) is 31.2 Å². The van der Waals surface area contributed by atoms with Gasteiger partial charge in [0.05, 0.1) is 6.61 Å². The number of esters is 1. The molecule has 2 heterocycles. The number of nitrogens with one attached hydrogen (secondary N) is 1. The molecule has 0 aliphatic carbocycles. The summed E-state index contributed by atoms with van der Waals surface area (Å²) in [7, 11) is 0. The average molecular weight is 358 g/mol. The first-order valence-corrected chi connectivity index (χ1v) is 9.84. The van der Waals surface area contributed by atoms with Crippen molar-refractivity contribution in [2.75, 3.05) is 24.2 Å². The predicted octanol–water partition coefficient (Wildman–Crippen LogP) is 3.69. The first-order chi connectivity index (χ1) is 10.8. The van der Waals surface area contributed by atoms with E-state index in [1.165, 1.54) is 4.88 Å². The summed E-state index contributed by atoms with van der Waals surface area (Å²) in [6.07, 6.45) is 2.26. The maximum absolute atomic E-state index is 11.2. The van der Waals surface area contributed by atoms with E-state index in [2.05, 4.69) is 33.0 Å². The van der Waals surface area contributed by atoms with Crippen LogP contribution in [0.1, 0.15) is 24.6 Å². The van der Waals surface area contributed by atoms with Crippen molar-refractivity contribution in [3.8, 4) is 0 Å². The van der Waals surface area contributed by atoms with Gasteiger partial charge in [0, 0.05) is 23.6 Å². The number of rotatable bonds is 10. The highest BCUT2D eigenvalue weighted by atomic mass is 32.2. The van der Waals surface area contributed by atoms with Gasteiger partial charge >= 0.3 is 5.97 Å². The third kappa shape index (κ3) is 6.33. The zero-order valence-electron chi connectivity index (χ0n) is 12.4. The lowest BCUT2D eigenvalue weighted by molar-refractivity contribution is -0.143. The van der Waals surface area contributed by atoms with Crippen molar-refractivity contribution in [1.29, 1.82) is 0 Å². The molecule has 0 atom stereocenters. The molecule has 0 amide bonds. The van der Waals surface area contributed by atoms with Crippen molar-refractivity contribution in [3.05, 3.63) is 22.4 Å². The molecule has 0 aliphatic heterocycles. The Morgan fingerprint density at radius 2 is 2.36 bits per heavy atom. The third-order valence-corrected chi connectivity index (χ3v) is 5.73. The molecule has 2 aromatic heterocycles. The number of carbonyl (C=O) groups excluding carboxylic acids is 1. The number of thiophene rings is 1. The summed E-state index contributed by atoms with van der Waals surface area (Å²) >= 11 is 4.96. The minimum atomic E-state index is -0.128. The van der Waals surface area contributed by atoms with Crippen LogP contribution in [0.5, 0.6) is 0 Å². The van der Waals surface area contributed by atoms with Crippen LogP contribution >= 0.6 is 34.4 Å². The Morgan fingerprint density at radius 1 is 1.45 bits per heavy atom. The molecule has 0 bridgehead atoms. The Morgan fingerprint density at radius 3 is 3.14 bits per heavy atom. The van der Waals surface area contributed by atoms with Crippen LogP contribution in [-0.4, -0.2) is 35.1 Å².